The highest BCUT2D eigenvalue weighted by atomic mass is 35.5. The maximum atomic E-state index is 11.4. The summed E-state index contributed by atoms with van der Waals surface area (Å²) in [6.07, 6.45) is 2.51. The molecule has 1 N–H and O–H groups in total. The van der Waals surface area contributed by atoms with E-state index < -0.39 is 0 Å². The van der Waals surface area contributed by atoms with Crippen LogP contribution in [0.2, 0.25) is 4.34 Å². The van der Waals surface area contributed by atoms with Gasteiger partial charge in [-0.3, -0.25) is 4.79 Å². The molecule has 1 aromatic rings. The van der Waals surface area contributed by atoms with Gasteiger partial charge in [0.2, 0.25) is 0 Å². The zero-order chi connectivity index (χ0) is 9.26. The lowest BCUT2D eigenvalue weighted by Gasteiger charge is -2.00. The molecule has 0 aromatic carbocycles. The molecule has 1 aromatic heterocycles. The second-order valence-corrected chi connectivity index (χ2v) is 4.84. The Morgan fingerprint density at radius 3 is 3.00 bits per heavy atom. The van der Waals surface area contributed by atoms with E-state index in [0.717, 1.165) is 12.5 Å². The molecule has 0 unspecified atom stereocenters. The molecule has 1 aliphatic rings. The summed E-state index contributed by atoms with van der Waals surface area (Å²) in [6, 6.07) is 1.70. The number of amides is 1. The molecule has 4 heteroatoms. The Kier molecular flexibility index (Phi) is 2.56. The first-order valence-electron chi connectivity index (χ1n) is 4.28. The molecule has 2 nitrogen and oxygen atoms in total. The molecule has 0 atom stereocenters. The van der Waals surface area contributed by atoms with E-state index >= 15 is 0 Å². The Bertz CT molecular complexity index is 319. The van der Waals surface area contributed by atoms with E-state index in [1.54, 1.807) is 11.4 Å². The highest BCUT2D eigenvalue weighted by molar-refractivity contribution is 7.14. The van der Waals surface area contributed by atoms with Crippen LogP contribution in [0.1, 0.15) is 23.2 Å². The molecule has 0 spiro atoms. The molecule has 0 radical (unpaired) electrons. The van der Waals surface area contributed by atoms with E-state index in [-0.39, 0.29) is 5.91 Å². The van der Waals surface area contributed by atoms with E-state index in [9.17, 15) is 4.79 Å². The van der Waals surface area contributed by atoms with Gasteiger partial charge in [0, 0.05) is 11.9 Å². The van der Waals surface area contributed by atoms with Crippen LogP contribution < -0.4 is 5.32 Å². The van der Waals surface area contributed by atoms with Crippen molar-refractivity contribution < 1.29 is 4.79 Å². The molecule has 1 amide bonds. The first-order chi connectivity index (χ1) is 6.25. The Morgan fingerprint density at radius 1 is 1.69 bits per heavy atom. The molecular weight excluding hydrogens is 206 g/mol. The van der Waals surface area contributed by atoms with E-state index in [4.69, 9.17) is 11.6 Å². The van der Waals surface area contributed by atoms with Gasteiger partial charge < -0.3 is 5.32 Å². The van der Waals surface area contributed by atoms with Crippen LogP contribution in [0.5, 0.6) is 0 Å². The van der Waals surface area contributed by atoms with Gasteiger partial charge in [0.15, 0.2) is 0 Å². The summed E-state index contributed by atoms with van der Waals surface area (Å²) < 4.78 is 0.663. The van der Waals surface area contributed by atoms with Gasteiger partial charge in [0.25, 0.3) is 5.91 Å². The Balaban J connectivity index is 1.88. The normalized spacial score (nSPS) is 15.8. The minimum absolute atomic E-state index is 0.00458. The third kappa shape index (κ3) is 2.45. The average Bonchev–Trinajstić information content (AvgIpc) is 2.84. The minimum atomic E-state index is -0.00458. The SMILES string of the molecule is O=C(NCC1CC1)c1csc(Cl)c1. The van der Waals surface area contributed by atoms with Crippen LogP contribution >= 0.6 is 22.9 Å². The summed E-state index contributed by atoms with van der Waals surface area (Å²) in [5, 5.41) is 4.67. The minimum Gasteiger partial charge on any atom is -0.352 e. The van der Waals surface area contributed by atoms with Crippen molar-refractivity contribution in [3.63, 3.8) is 0 Å². The van der Waals surface area contributed by atoms with Crippen LogP contribution in [0.15, 0.2) is 11.4 Å². The maximum Gasteiger partial charge on any atom is 0.252 e. The molecule has 1 fully saturated rings. The number of carbonyl (C=O) groups is 1. The highest BCUT2D eigenvalue weighted by Crippen LogP contribution is 2.27. The van der Waals surface area contributed by atoms with Gasteiger partial charge in [-0.2, -0.15) is 0 Å². The largest absolute Gasteiger partial charge is 0.352 e. The molecule has 13 heavy (non-hydrogen) atoms. The Hall–Kier alpha value is -0.540. The van der Waals surface area contributed by atoms with E-state index in [1.165, 1.54) is 24.2 Å². The summed E-state index contributed by atoms with van der Waals surface area (Å²) in [5.74, 6) is 0.716. The van der Waals surface area contributed by atoms with Gasteiger partial charge in [0.1, 0.15) is 0 Å². The molecule has 0 aliphatic heterocycles. The summed E-state index contributed by atoms with van der Waals surface area (Å²) in [7, 11) is 0. The molecule has 1 aliphatic carbocycles. The van der Waals surface area contributed by atoms with E-state index in [2.05, 4.69) is 5.32 Å². The third-order valence-corrected chi connectivity index (χ3v) is 3.17. The number of hydrogen-bond acceptors (Lipinski definition) is 2. The summed E-state index contributed by atoms with van der Waals surface area (Å²) in [5.41, 5.74) is 0.677. The molecular formula is C9H10ClNOS. The average molecular weight is 216 g/mol. The molecule has 1 heterocycles. The molecule has 0 saturated heterocycles. The zero-order valence-corrected chi connectivity index (χ0v) is 8.62. The van der Waals surface area contributed by atoms with E-state index in [1.807, 2.05) is 0 Å². The van der Waals surface area contributed by atoms with Crippen LogP contribution in [0.3, 0.4) is 0 Å². The smallest absolute Gasteiger partial charge is 0.252 e. The van der Waals surface area contributed by atoms with Crippen LogP contribution in [-0.4, -0.2) is 12.5 Å². The summed E-state index contributed by atoms with van der Waals surface area (Å²) in [6.45, 7) is 0.812. The number of thiophene rings is 1. The lowest BCUT2D eigenvalue weighted by atomic mass is 10.3. The Morgan fingerprint density at radius 2 is 2.46 bits per heavy atom. The molecule has 0 bridgehead atoms. The van der Waals surface area contributed by atoms with Crippen molar-refractivity contribution in [2.75, 3.05) is 6.54 Å². The fraction of sp³-hybridized carbons (Fsp3) is 0.444. The van der Waals surface area contributed by atoms with Crippen LogP contribution in [-0.2, 0) is 0 Å². The highest BCUT2D eigenvalue weighted by Gasteiger charge is 2.21. The second kappa shape index (κ2) is 3.68. The summed E-state index contributed by atoms with van der Waals surface area (Å²) >= 11 is 7.11. The molecule has 1 saturated carbocycles. The van der Waals surface area contributed by atoms with Gasteiger partial charge >= 0.3 is 0 Å². The monoisotopic (exact) mass is 215 g/mol. The first kappa shape index (κ1) is 9.03. The van der Waals surface area contributed by atoms with Crippen molar-refractivity contribution in [1.29, 1.82) is 0 Å². The van der Waals surface area contributed by atoms with Crippen LogP contribution in [0, 0.1) is 5.92 Å². The fourth-order valence-corrected chi connectivity index (χ4v) is 1.95. The van der Waals surface area contributed by atoms with Crippen molar-refractivity contribution >= 4 is 28.8 Å². The topological polar surface area (TPSA) is 29.1 Å². The standard InChI is InChI=1S/C9H10ClNOS/c10-8-3-7(5-13-8)9(12)11-4-6-1-2-6/h3,5-6H,1-2,4H2,(H,11,12). The number of carbonyl (C=O) groups excluding carboxylic acids is 1. The molecule has 70 valence electrons. The van der Waals surface area contributed by atoms with Gasteiger partial charge in [-0.05, 0) is 24.8 Å². The summed E-state index contributed by atoms with van der Waals surface area (Å²) in [4.78, 5) is 11.4. The number of halogens is 1. The first-order valence-corrected chi connectivity index (χ1v) is 5.53. The quantitative estimate of drug-likeness (QED) is 0.825. The van der Waals surface area contributed by atoms with Crippen molar-refractivity contribution in [1.82, 2.24) is 5.32 Å². The fourth-order valence-electron chi connectivity index (χ4n) is 1.09. The predicted molar refractivity (Wildman–Crippen MR) is 54.4 cm³/mol. The van der Waals surface area contributed by atoms with Crippen LogP contribution in [0.4, 0.5) is 0 Å². The Labute approximate surface area is 85.9 Å². The second-order valence-electron chi connectivity index (χ2n) is 3.29. The van der Waals surface area contributed by atoms with Gasteiger partial charge in [-0.1, -0.05) is 11.6 Å². The maximum absolute atomic E-state index is 11.4. The lowest BCUT2D eigenvalue weighted by molar-refractivity contribution is 0.0952. The van der Waals surface area contributed by atoms with Gasteiger partial charge in [-0.15, -0.1) is 11.3 Å². The van der Waals surface area contributed by atoms with E-state index in [0.29, 0.717) is 9.90 Å². The number of nitrogens with one attached hydrogen (secondary N) is 1. The van der Waals surface area contributed by atoms with Crippen molar-refractivity contribution in [3.8, 4) is 0 Å². The number of rotatable bonds is 3. The third-order valence-electron chi connectivity index (χ3n) is 2.08. The van der Waals surface area contributed by atoms with Crippen LogP contribution in [0.25, 0.3) is 0 Å². The van der Waals surface area contributed by atoms with Gasteiger partial charge in [-0.25, -0.2) is 0 Å². The molecule has 2 rings (SSSR count). The van der Waals surface area contributed by atoms with Crippen molar-refractivity contribution in [2.45, 2.75) is 12.8 Å². The lowest BCUT2D eigenvalue weighted by Crippen LogP contribution is -2.24. The zero-order valence-electron chi connectivity index (χ0n) is 7.05. The van der Waals surface area contributed by atoms with Crippen molar-refractivity contribution in [3.05, 3.63) is 21.3 Å². The number of hydrogen-bond donors (Lipinski definition) is 1. The van der Waals surface area contributed by atoms with Crippen molar-refractivity contribution in [2.24, 2.45) is 5.92 Å². The predicted octanol–water partition coefficient (Wildman–Crippen LogP) is 2.54. The van der Waals surface area contributed by atoms with Gasteiger partial charge in [0.05, 0.1) is 9.90 Å².